The van der Waals surface area contributed by atoms with Gasteiger partial charge in [-0.05, 0) is 13.0 Å². The minimum atomic E-state index is -0.809. The molecule has 0 bridgehead atoms. The second kappa shape index (κ2) is 3.89. The molecule has 1 N–H and O–H groups in total. The lowest BCUT2D eigenvalue weighted by Crippen LogP contribution is -2.33. The summed E-state index contributed by atoms with van der Waals surface area (Å²) in [6, 6.07) is 0. The van der Waals surface area contributed by atoms with E-state index >= 15 is 0 Å². The number of rotatable bonds is 4. The zero-order valence-corrected chi connectivity index (χ0v) is 7.77. The SMILES string of the molecule is C=C[C@@H](OC(C)=O)[C@@H](O)[C@H]1O[C@@H]1C. The Hall–Kier alpha value is -0.870. The van der Waals surface area contributed by atoms with Gasteiger partial charge in [0.2, 0.25) is 0 Å². The molecule has 1 heterocycles. The molecule has 1 fully saturated rings. The Labute approximate surface area is 77.1 Å². The molecule has 0 aliphatic carbocycles. The van der Waals surface area contributed by atoms with Gasteiger partial charge in [0.05, 0.1) is 6.10 Å². The maximum atomic E-state index is 10.6. The molecule has 0 amide bonds. The van der Waals surface area contributed by atoms with E-state index in [1.54, 1.807) is 0 Å². The Morgan fingerprint density at radius 3 is 2.62 bits per heavy atom. The topological polar surface area (TPSA) is 59.1 Å². The summed E-state index contributed by atoms with van der Waals surface area (Å²) in [7, 11) is 0. The van der Waals surface area contributed by atoms with Crippen LogP contribution in [0, 0.1) is 0 Å². The zero-order valence-electron chi connectivity index (χ0n) is 7.77. The van der Waals surface area contributed by atoms with Crippen molar-refractivity contribution in [3.63, 3.8) is 0 Å². The van der Waals surface area contributed by atoms with Crippen LogP contribution in [0.3, 0.4) is 0 Å². The van der Waals surface area contributed by atoms with Crippen molar-refractivity contribution in [1.29, 1.82) is 0 Å². The maximum absolute atomic E-state index is 10.6. The number of ether oxygens (including phenoxy) is 2. The van der Waals surface area contributed by atoms with Gasteiger partial charge < -0.3 is 14.6 Å². The van der Waals surface area contributed by atoms with Crippen molar-refractivity contribution < 1.29 is 19.4 Å². The third-order valence-electron chi connectivity index (χ3n) is 1.97. The highest BCUT2D eigenvalue weighted by molar-refractivity contribution is 5.66. The number of aliphatic hydroxyl groups excluding tert-OH is 1. The Morgan fingerprint density at radius 1 is 1.77 bits per heavy atom. The number of hydrogen-bond acceptors (Lipinski definition) is 4. The molecule has 1 aliphatic rings. The smallest absolute Gasteiger partial charge is 0.303 e. The lowest BCUT2D eigenvalue weighted by Gasteiger charge is -2.17. The Morgan fingerprint density at radius 2 is 2.31 bits per heavy atom. The van der Waals surface area contributed by atoms with E-state index in [9.17, 15) is 9.90 Å². The third kappa shape index (κ3) is 2.54. The molecule has 4 atom stereocenters. The summed E-state index contributed by atoms with van der Waals surface area (Å²) < 4.78 is 9.88. The van der Waals surface area contributed by atoms with Crippen LogP contribution in [0.15, 0.2) is 12.7 Å². The molecule has 0 radical (unpaired) electrons. The van der Waals surface area contributed by atoms with Gasteiger partial charge in [0.15, 0.2) is 0 Å². The van der Waals surface area contributed by atoms with Crippen LogP contribution in [0.1, 0.15) is 13.8 Å². The van der Waals surface area contributed by atoms with Gasteiger partial charge in [0.1, 0.15) is 18.3 Å². The minimum Gasteiger partial charge on any atom is -0.455 e. The predicted molar refractivity (Wildman–Crippen MR) is 46.1 cm³/mol. The van der Waals surface area contributed by atoms with Crippen molar-refractivity contribution in [2.24, 2.45) is 0 Å². The first-order chi connectivity index (χ1) is 6.06. The summed E-state index contributed by atoms with van der Waals surface area (Å²) >= 11 is 0. The summed E-state index contributed by atoms with van der Waals surface area (Å²) in [4.78, 5) is 10.6. The average Bonchev–Trinajstić information content (AvgIpc) is 2.77. The van der Waals surface area contributed by atoms with Crippen LogP contribution < -0.4 is 0 Å². The van der Waals surface area contributed by atoms with Crippen molar-refractivity contribution in [3.05, 3.63) is 12.7 Å². The van der Waals surface area contributed by atoms with Crippen molar-refractivity contribution in [2.45, 2.75) is 38.3 Å². The fourth-order valence-corrected chi connectivity index (χ4v) is 1.20. The zero-order chi connectivity index (χ0) is 10.0. The van der Waals surface area contributed by atoms with Gasteiger partial charge in [0, 0.05) is 6.92 Å². The molecule has 0 aromatic rings. The second-order valence-electron chi connectivity index (χ2n) is 3.11. The van der Waals surface area contributed by atoms with E-state index in [4.69, 9.17) is 9.47 Å². The molecule has 1 saturated heterocycles. The molecule has 74 valence electrons. The van der Waals surface area contributed by atoms with Gasteiger partial charge in [-0.15, -0.1) is 0 Å². The summed E-state index contributed by atoms with van der Waals surface area (Å²) in [5, 5.41) is 9.59. The van der Waals surface area contributed by atoms with Gasteiger partial charge in [0.25, 0.3) is 0 Å². The highest BCUT2D eigenvalue weighted by atomic mass is 16.6. The van der Waals surface area contributed by atoms with Crippen molar-refractivity contribution in [2.75, 3.05) is 0 Å². The van der Waals surface area contributed by atoms with Crippen LogP contribution in [0.5, 0.6) is 0 Å². The quantitative estimate of drug-likeness (QED) is 0.388. The van der Waals surface area contributed by atoms with Gasteiger partial charge in [-0.25, -0.2) is 0 Å². The molecule has 1 rings (SSSR count). The molecule has 0 aromatic carbocycles. The Balaban J connectivity index is 2.45. The normalized spacial score (nSPS) is 30.4. The average molecular weight is 186 g/mol. The van der Waals surface area contributed by atoms with E-state index in [0.29, 0.717) is 0 Å². The van der Waals surface area contributed by atoms with Crippen molar-refractivity contribution >= 4 is 5.97 Å². The van der Waals surface area contributed by atoms with Crippen LogP contribution >= 0.6 is 0 Å². The fourth-order valence-electron chi connectivity index (χ4n) is 1.20. The minimum absolute atomic E-state index is 0.0352. The predicted octanol–water partition coefficient (Wildman–Crippen LogP) is 0.252. The number of esters is 1. The first-order valence-corrected chi connectivity index (χ1v) is 4.19. The highest BCUT2D eigenvalue weighted by Crippen LogP contribution is 2.27. The lowest BCUT2D eigenvalue weighted by atomic mass is 10.1. The molecule has 13 heavy (non-hydrogen) atoms. The molecule has 4 nitrogen and oxygen atoms in total. The van der Waals surface area contributed by atoms with E-state index in [2.05, 4.69) is 6.58 Å². The monoisotopic (exact) mass is 186 g/mol. The van der Waals surface area contributed by atoms with Crippen LogP contribution in [-0.2, 0) is 14.3 Å². The molecule has 0 saturated carbocycles. The molecular formula is C9H14O4. The number of carbonyl (C=O) groups excluding carboxylic acids is 1. The molecule has 0 aromatic heterocycles. The van der Waals surface area contributed by atoms with E-state index < -0.39 is 18.2 Å². The lowest BCUT2D eigenvalue weighted by molar-refractivity contribution is -0.149. The molecular weight excluding hydrogens is 172 g/mol. The van der Waals surface area contributed by atoms with Crippen LogP contribution in [-0.4, -0.2) is 35.5 Å². The summed E-state index contributed by atoms with van der Waals surface area (Å²) in [5.41, 5.74) is 0. The molecule has 0 spiro atoms. The summed E-state index contributed by atoms with van der Waals surface area (Å²) in [6.45, 7) is 6.62. The maximum Gasteiger partial charge on any atom is 0.303 e. The third-order valence-corrected chi connectivity index (χ3v) is 1.97. The van der Waals surface area contributed by atoms with Gasteiger partial charge >= 0.3 is 5.97 Å². The van der Waals surface area contributed by atoms with E-state index in [0.717, 1.165) is 0 Å². The molecule has 1 aliphatic heterocycles. The first-order valence-electron chi connectivity index (χ1n) is 4.19. The van der Waals surface area contributed by atoms with Gasteiger partial charge in [-0.1, -0.05) is 6.58 Å². The fraction of sp³-hybridized carbons (Fsp3) is 0.667. The van der Waals surface area contributed by atoms with Gasteiger partial charge in [-0.2, -0.15) is 0 Å². The Bertz CT molecular complexity index is 214. The van der Waals surface area contributed by atoms with E-state index in [-0.39, 0.29) is 12.2 Å². The molecule has 0 unspecified atom stereocenters. The number of carbonyl (C=O) groups is 1. The van der Waals surface area contributed by atoms with Crippen LogP contribution in [0.2, 0.25) is 0 Å². The standard InChI is InChI=1S/C9H14O4/c1-4-7(13-6(3)10)8(11)9-5(2)12-9/h4-5,7-9,11H,1H2,2-3H3/t5-,7-,8-,9+/m1/s1. The second-order valence-corrected chi connectivity index (χ2v) is 3.11. The van der Waals surface area contributed by atoms with E-state index in [1.165, 1.54) is 13.0 Å². The number of hydrogen-bond donors (Lipinski definition) is 1. The number of epoxide rings is 1. The van der Waals surface area contributed by atoms with E-state index in [1.807, 2.05) is 6.92 Å². The van der Waals surface area contributed by atoms with Crippen molar-refractivity contribution in [3.8, 4) is 0 Å². The largest absolute Gasteiger partial charge is 0.455 e. The first kappa shape index (κ1) is 10.2. The van der Waals surface area contributed by atoms with Crippen molar-refractivity contribution in [1.82, 2.24) is 0 Å². The summed E-state index contributed by atoms with van der Waals surface area (Å²) in [5.74, 6) is -0.433. The summed E-state index contributed by atoms with van der Waals surface area (Å²) in [6.07, 6.45) is -0.278. The van der Waals surface area contributed by atoms with Crippen LogP contribution in [0.25, 0.3) is 0 Å². The highest BCUT2D eigenvalue weighted by Gasteiger charge is 2.44. The van der Waals surface area contributed by atoms with Crippen LogP contribution in [0.4, 0.5) is 0 Å². The number of aliphatic hydroxyl groups is 1. The Kier molecular flexibility index (Phi) is 3.06. The van der Waals surface area contributed by atoms with Gasteiger partial charge in [-0.3, -0.25) is 4.79 Å². The molecule has 4 heteroatoms.